The number of hydrogen-bond acceptors (Lipinski definition) is 3. The molecule has 0 fully saturated rings. The van der Waals surface area contributed by atoms with Gasteiger partial charge in [0.2, 0.25) is 0 Å². The molecule has 1 atom stereocenters. The molecule has 0 aromatic carbocycles. The summed E-state index contributed by atoms with van der Waals surface area (Å²) < 4.78 is 4.61. The first kappa shape index (κ1) is 12.1. The van der Waals surface area contributed by atoms with Crippen LogP contribution in [0, 0.1) is 5.41 Å². The van der Waals surface area contributed by atoms with Gasteiger partial charge in [-0.05, 0) is 6.92 Å². The fourth-order valence-electron chi connectivity index (χ4n) is 0.370. The zero-order chi connectivity index (χ0) is 7.28. The second-order valence-electron chi connectivity index (χ2n) is 1.38. The maximum atomic E-state index is 10.0. The number of carbonyl (C=O) groups is 1. The number of aliphatic carboxylic acids is 1. The van der Waals surface area contributed by atoms with Crippen LogP contribution in [0.2, 0.25) is 0 Å². The van der Waals surface area contributed by atoms with Crippen molar-refractivity contribution in [3.63, 3.8) is 0 Å². The van der Waals surface area contributed by atoms with E-state index in [9.17, 15) is 4.79 Å². The predicted molar refractivity (Wildman–Crippen MR) is 39.1 cm³/mol. The van der Waals surface area contributed by atoms with Crippen LogP contribution >= 0.6 is 12.4 Å². The predicted octanol–water partition coefficient (Wildman–Crippen LogP) is 0.547. The van der Waals surface area contributed by atoms with Crippen LogP contribution in [0.5, 0.6) is 0 Å². The summed E-state index contributed by atoms with van der Waals surface area (Å²) in [5.41, 5.74) is 0. The first-order valence-corrected chi connectivity index (χ1v) is 2.57. The lowest BCUT2D eigenvalue weighted by atomic mass is 10.4. The maximum Gasteiger partial charge on any atom is 0.338 e. The van der Waals surface area contributed by atoms with Gasteiger partial charge in [-0.3, -0.25) is 0 Å². The molecule has 0 bridgehead atoms. The Morgan fingerprint density at radius 3 is 2.50 bits per heavy atom. The van der Waals surface area contributed by atoms with Gasteiger partial charge >= 0.3 is 5.97 Å². The number of rotatable bonds is 4. The molecule has 10 heavy (non-hydrogen) atoms. The minimum Gasteiger partial charge on any atom is -0.479 e. The molecule has 0 saturated carbocycles. The molecule has 4 nitrogen and oxygen atoms in total. The van der Waals surface area contributed by atoms with Crippen LogP contribution in [0.25, 0.3) is 0 Å². The van der Waals surface area contributed by atoms with Crippen molar-refractivity contribution >= 4 is 24.6 Å². The molecule has 1 unspecified atom stereocenters. The number of halogens is 1. The van der Waals surface area contributed by atoms with E-state index in [2.05, 4.69) is 4.74 Å². The summed E-state index contributed by atoms with van der Waals surface area (Å²) in [6.45, 7) is 1.99. The summed E-state index contributed by atoms with van der Waals surface area (Å²) in [6.07, 6.45) is -0.318. The standard InChI is InChI=1S/C5H9NO3.ClH/c1-2-9-4(3-6)5(7)8;/h3-4,6H,2H2,1H3,(H,7,8);1H. The van der Waals surface area contributed by atoms with Gasteiger partial charge in [0, 0.05) is 12.8 Å². The van der Waals surface area contributed by atoms with Gasteiger partial charge in [0.25, 0.3) is 0 Å². The Morgan fingerprint density at radius 2 is 2.40 bits per heavy atom. The van der Waals surface area contributed by atoms with E-state index >= 15 is 0 Å². The van der Waals surface area contributed by atoms with E-state index in [4.69, 9.17) is 10.5 Å². The first-order chi connectivity index (χ1) is 4.22. The summed E-state index contributed by atoms with van der Waals surface area (Å²) in [5.74, 6) is -1.12. The topological polar surface area (TPSA) is 70.4 Å². The molecule has 0 aromatic heterocycles. The molecular weight excluding hydrogens is 158 g/mol. The third-order valence-electron chi connectivity index (χ3n) is 0.741. The third-order valence-corrected chi connectivity index (χ3v) is 0.741. The summed E-state index contributed by atoms with van der Waals surface area (Å²) in [7, 11) is 0. The Labute approximate surface area is 65.1 Å². The number of carboxylic acid groups (broad SMARTS) is 1. The van der Waals surface area contributed by atoms with E-state index in [0.717, 1.165) is 6.21 Å². The Balaban J connectivity index is 0. The van der Waals surface area contributed by atoms with Gasteiger partial charge in [0.05, 0.1) is 0 Å². The van der Waals surface area contributed by atoms with Crippen molar-refractivity contribution in [2.75, 3.05) is 6.61 Å². The first-order valence-electron chi connectivity index (χ1n) is 2.57. The highest BCUT2D eigenvalue weighted by molar-refractivity contribution is 5.90. The highest BCUT2D eigenvalue weighted by atomic mass is 35.5. The maximum absolute atomic E-state index is 10.0. The van der Waals surface area contributed by atoms with Crippen molar-refractivity contribution in [2.24, 2.45) is 0 Å². The molecule has 0 rings (SSSR count). The van der Waals surface area contributed by atoms with E-state index in [0.29, 0.717) is 6.61 Å². The largest absolute Gasteiger partial charge is 0.479 e. The van der Waals surface area contributed by atoms with Gasteiger partial charge in [-0.2, -0.15) is 0 Å². The highest BCUT2D eigenvalue weighted by Gasteiger charge is 2.12. The fraction of sp³-hybridized carbons (Fsp3) is 0.600. The van der Waals surface area contributed by atoms with Crippen LogP contribution in [0.4, 0.5) is 0 Å². The Bertz CT molecular complexity index is 117. The third kappa shape index (κ3) is 4.29. The van der Waals surface area contributed by atoms with Crippen molar-refractivity contribution in [3.05, 3.63) is 0 Å². The second-order valence-corrected chi connectivity index (χ2v) is 1.38. The molecule has 0 saturated heterocycles. The van der Waals surface area contributed by atoms with E-state index in [1.54, 1.807) is 6.92 Å². The number of hydrogen-bond donors (Lipinski definition) is 2. The van der Waals surface area contributed by atoms with Crippen molar-refractivity contribution in [1.82, 2.24) is 0 Å². The van der Waals surface area contributed by atoms with Crippen molar-refractivity contribution in [3.8, 4) is 0 Å². The van der Waals surface area contributed by atoms with E-state index in [-0.39, 0.29) is 12.4 Å². The quantitative estimate of drug-likeness (QED) is 0.601. The van der Waals surface area contributed by atoms with Crippen LogP contribution in [-0.4, -0.2) is 30.0 Å². The molecule has 0 spiro atoms. The molecular formula is C5H10ClNO3. The van der Waals surface area contributed by atoms with Crippen LogP contribution in [0.3, 0.4) is 0 Å². The molecule has 2 N–H and O–H groups in total. The van der Waals surface area contributed by atoms with Gasteiger partial charge < -0.3 is 15.3 Å². The van der Waals surface area contributed by atoms with E-state index < -0.39 is 12.1 Å². The van der Waals surface area contributed by atoms with Gasteiger partial charge in [-0.15, -0.1) is 12.4 Å². The SMILES string of the molecule is CCOC(C=N)C(=O)O.Cl. The molecule has 0 radical (unpaired) electrons. The lowest BCUT2D eigenvalue weighted by Crippen LogP contribution is -2.24. The van der Waals surface area contributed by atoms with Gasteiger partial charge in [0.15, 0.2) is 6.10 Å². The molecule has 0 heterocycles. The summed E-state index contributed by atoms with van der Waals surface area (Å²) in [6, 6.07) is 0. The Hall–Kier alpha value is -0.610. The average molecular weight is 168 g/mol. The van der Waals surface area contributed by atoms with E-state index in [1.165, 1.54) is 0 Å². The van der Waals surface area contributed by atoms with Gasteiger partial charge in [-0.1, -0.05) is 0 Å². The molecule has 0 amide bonds. The van der Waals surface area contributed by atoms with Crippen LogP contribution in [0.1, 0.15) is 6.92 Å². The van der Waals surface area contributed by atoms with Crippen molar-refractivity contribution in [2.45, 2.75) is 13.0 Å². The van der Waals surface area contributed by atoms with E-state index in [1.807, 2.05) is 0 Å². The monoisotopic (exact) mass is 167 g/mol. The van der Waals surface area contributed by atoms with Gasteiger partial charge in [-0.25, -0.2) is 4.79 Å². The zero-order valence-corrected chi connectivity index (χ0v) is 6.35. The Kier molecular flexibility index (Phi) is 7.88. The minimum atomic E-state index is -1.12. The minimum absolute atomic E-state index is 0. The molecule has 60 valence electrons. The van der Waals surface area contributed by atoms with Gasteiger partial charge in [0.1, 0.15) is 0 Å². The summed E-state index contributed by atoms with van der Waals surface area (Å²) in [5, 5.41) is 14.8. The van der Waals surface area contributed by atoms with Crippen LogP contribution < -0.4 is 0 Å². The van der Waals surface area contributed by atoms with Crippen LogP contribution in [0.15, 0.2) is 0 Å². The molecule has 5 heteroatoms. The van der Waals surface area contributed by atoms with Crippen LogP contribution in [-0.2, 0) is 9.53 Å². The zero-order valence-electron chi connectivity index (χ0n) is 5.53. The number of ether oxygens (including phenoxy) is 1. The molecule has 0 aliphatic carbocycles. The average Bonchev–Trinajstić information content (AvgIpc) is 1.82. The normalized spacial score (nSPS) is 11.3. The number of carboxylic acids is 1. The molecule has 0 aliphatic rings. The fourth-order valence-corrected chi connectivity index (χ4v) is 0.370. The smallest absolute Gasteiger partial charge is 0.338 e. The lowest BCUT2D eigenvalue weighted by molar-refractivity contribution is -0.145. The summed E-state index contributed by atoms with van der Waals surface area (Å²) >= 11 is 0. The second kappa shape index (κ2) is 6.51. The highest BCUT2D eigenvalue weighted by Crippen LogP contribution is 1.86. The van der Waals surface area contributed by atoms with Crippen molar-refractivity contribution in [1.29, 1.82) is 5.41 Å². The molecule has 0 aliphatic heterocycles. The Morgan fingerprint density at radius 1 is 1.90 bits per heavy atom. The van der Waals surface area contributed by atoms with Crippen molar-refractivity contribution < 1.29 is 14.6 Å². The lowest BCUT2D eigenvalue weighted by Gasteiger charge is -2.03. The number of nitrogens with one attached hydrogen (secondary N) is 1. The molecule has 0 aromatic rings. The summed E-state index contributed by atoms with van der Waals surface area (Å²) in [4.78, 5) is 10.0.